The predicted octanol–water partition coefficient (Wildman–Crippen LogP) is 3.82. The Bertz CT molecular complexity index is 817. The van der Waals surface area contributed by atoms with Crippen LogP contribution in [0.3, 0.4) is 0 Å². The molecule has 0 fully saturated rings. The first-order valence-electron chi connectivity index (χ1n) is 8.25. The first kappa shape index (κ1) is 19.2. The van der Waals surface area contributed by atoms with Gasteiger partial charge in [-0.3, -0.25) is 4.79 Å². The maximum atomic E-state index is 12.0. The van der Waals surface area contributed by atoms with Crippen molar-refractivity contribution in [3.8, 4) is 5.75 Å². The van der Waals surface area contributed by atoms with Gasteiger partial charge in [-0.15, -0.1) is 0 Å². The van der Waals surface area contributed by atoms with Crippen LogP contribution in [-0.2, 0) is 14.3 Å². The van der Waals surface area contributed by atoms with Crippen LogP contribution < -0.4 is 10.1 Å². The van der Waals surface area contributed by atoms with Crippen LogP contribution in [0.1, 0.15) is 22.3 Å². The molecule has 0 unspecified atom stereocenters. The van der Waals surface area contributed by atoms with Crippen LogP contribution in [0.25, 0.3) is 6.08 Å². The van der Waals surface area contributed by atoms with Crippen LogP contribution in [0, 0.1) is 20.8 Å². The third-order valence-electron chi connectivity index (χ3n) is 3.79. The molecule has 0 aliphatic carbocycles. The number of hydrogen-bond acceptors (Lipinski definition) is 4. The predicted molar refractivity (Wildman–Crippen MR) is 102 cm³/mol. The van der Waals surface area contributed by atoms with Crippen molar-refractivity contribution < 1.29 is 19.1 Å². The molecule has 0 spiro atoms. The summed E-state index contributed by atoms with van der Waals surface area (Å²) in [5, 5.41) is 2.79. The zero-order valence-corrected chi connectivity index (χ0v) is 15.5. The average Bonchev–Trinajstić information content (AvgIpc) is 2.61. The van der Waals surface area contributed by atoms with Crippen molar-refractivity contribution in [3.05, 3.63) is 64.7 Å². The zero-order valence-electron chi connectivity index (χ0n) is 15.5. The Morgan fingerprint density at radius 1 is 1.08 bits per heavy atom. The van der Waals surface area contributed by atoms with E-state index in [0.29, 0.717) is 5.75 Å². The molecule has 0 heterocycles. The number of esters is 1. The van der Waals surface area contributed by atoms with Crippen molar-refractivity contribution in [1.29, 1.82) is 0 Å². The van der Waals surface area contributed by atoms with Crippen molar-refractivity contribution in [2.75, 3.05) is 19.0 Å². The number of methoxy groups -OCH3 is 1. The van der Waals surface area contributed by atoms with Gasteiger partial charge in [-0.1, -0.05) is 29.8 Å². The summed E-state index contributed by atoms with van der Waals surface area (Å²) in [6.45, 7) is 5.52. The van der Waals surface area contributed by atoms with Gasteiger partial charge in [-0.05, 0) is 55.7 Å². The van der Waals surface area contributed by atoms with Crippen LogP contribution in [0.5, 0.6) is 5.75 Å². The highest BCUT2D eigenvalue weighted by Crippen LogP contribution is 2.21. The summed E-state index contributed by atoms with van der Waals surface area (Å²) in [5.74, 6) is -0.257. The maximum absolute atomic E-state index is 12.0. The van der Waals surface area contributed by atoms with Gasteiger partial charge < -0.3 is 14.8 Å². The van der Waals surface area contributed by atoms with Gasteiger partial charge in [0.15, 0.2) is 6.61 Å². The second kappa shape index (κ2) is 8.85. The number of hydrogen-bond donors (Lipinski definition) is 1. The fourth-order valence-corrected chi connectivity index (χ4v) is 2.65. The van der Waals surface area contributed by atoms with Crippen LogP contribution in [0.15, 0.2) is 42.5 Å². The number of rotatable bonds is 6. The molecule has 0 atom stereocenters. The Balaban J connectivity index is 1.89. The molecule has 2 rings (SSSR count). The molecular weight excluding hydrogens is 330 g/mol. The number of ether oxygens (including phenoxy) is 2. The van der Waals surface area contributed by atoms with Gasteiger partial charge in [0.1, 0.15) is 5.75 Å². The van der Waals surface area contributed by atoms with Gasteiger partial charge in [0.25, 0.3) is 5.91 Å². The van der Waals surface area contributed by atoms with Gasteiger partial charge >= 0.3 is 5.97 Å². The molecule has 0 bridgehead atoms. The van der Waals surface area contributed by atoms with Crippen LogP contribution in [-0.4, -0.2) is 25.6 Å². The standard InChI is InChI=1S/C21H23NO4/c1-14-10-15(2)21(16(3)11-14)22-19(23)13-26-20(24)9-8-17-6-5-7-18(12-17)25-4/h5-12H,13H2,1-4H3,(H,22,23). The Morgan fingerprint density at radius 2 is 1.77 bits per heavy atom. The molecule has 0 aromatic heterocycles. The first-order valence-corrected chi connectivity index (χ1v) is 8.25. The highest BCUT2D eigenvalue weighted by atomic mass is 16.5. The molecule has 1 amide bonds. The zero-order chi connectivity index (χ0) is 19.1. The number of anilines is 1. The molecule has 2 aromatic carbocycles. The van der Waals surface area contributed by atoms with Gasteiger partial charge in [-0.25, -0.2) is 4.79 Å². The molecule has 1 N–H and O–H groups in total. The summed E-state index contributed by atoms with van der Waals surface area (Å²) in [5.41, 5.74) is 4.63. The van der Waals surface area contributed by atoms with E-state index in [2.05, 4.69) is 5.32 Å². The Morgan fingerprint density at radius 3 is 2.42 bits per heavy atom. The minimum atomic E-state index is -0.583. The van der Waals surface area contributed by atoms with E-state index in [1.54, 1.807) is 19.3 Å². The van der Waals surface area contributed by atoms with Gasteiger partial charge in [-0.2, -0.15) is 0 Å². The molecule has 0 aliphatic heterocycles. The fraction of sp³-hybridized carbons (Fsp3) is 0.238. The quantitative estimate of drug-likeness (QED) is 0.633. The second-order valence-corrected chi connectivity index (χ2v) is 6.04. The lowest BCUT2D eigenvalue weighted by Crippen LogP contribution is -2.21. The van der Waals surface area contributed by atoms with E-state index in [1.807, 2.05) is 51.1 Å². The van der Waals surface area contributed by atoms with Crippen molar-refractivity contribution >= 4 is 23.6 Å². The molecule has 0 saturated carbocycles. The van der Waals surface area contributed by atoms with Crippen molar-refractivity contribution in [3.63, 3.8) is 0 Å². The summed E-state index contributed by atoms with van der Waals surface area (Å²) < 4.78 is 10.1. The van der Waals surface area contributed by atoms with E-state index in [-0.39, 0.29) is 12.5 Å². The van der Waals surface area contributed by atoms with E-state index in [9.17, 15) is 9.59 Å². The number of carbonyl (C=O) groups excluding carboxylic acids is 2. The maximum Gasteiger partial charge on any atom is 0.331 e. The van der Waals surface area contributed by atoms with E-state index in [1.165, 1.54) is 6.08 Å². The molecule has 0 saturated heterocycles. The first-order chi connectivity index (χ1) is 12.4. The summed E-state index contributed by atoms with van der Waals surface area (Å²) in [6, 6.07) is 11.2. The van der Waals surface area contributed by atoms with E-state index in [4.69, 9.17) is 9.47 Å². The third-order valence-corrected chi connectivity index (χ3v) is 3.79. The van der Waals surface area contributed by atoms with Crippen molar-refractivity contribution in [2.45, 2.75) is 20.8 Å². The van der Waals surface area contributed by atoms with Crippen LogP contribution >= 0.6 is 0 Å². The molecule has 5 nitrogen and oxygen atoms in total. The summed E-state index contributed by atoms with van der Waals surface area (Å²) in [7, 11) is 1.58. The Kier molecular flexibility index (Phi) is 6.55. The highest BCUT2D eigenvalue weighted by molar-refractivity contribution is 5.95. The SMILES string of the molecule is COc1cccc(C=CC(=O)OCC(=O)Nc2c(C)cc(C)cc2C)c1. The lowest BCUT2D eigenvalue weighted by Gasteiger charge is -2.12. The molecule has 5 heteroatoms. The molecular formula is C21H23NO4. The fourth-order valence-electron chi connectivity index (χ4n) is 2.65. The van der Waals surface area contributed by atoms with Crippen LogP contribution in [0.4, 0.5) is 5.69 Å². The molecule has 0 radical (unpaired) electrons. The van der Waals surface area contributed by atoms with Gasteiger partial charge in [0, 0.05) is 11.8 Å². The van der Waals surface area contributed by atoms with Crippen molar-refractivity contribution in [1.82, 2.24) is 0 Å². The van der Waals surface area contributed by atoms with E-state index in [0.717, 1.165) is 27.9 Å². The van der Waals surface area contributed by atoms with Gasteiger partial charge in [0.05, 0.1) is 7.11 Å². The summed E-state index contributed by atoms with van der Waals surface area (Å²) in [6.07, 6.45) is 2.89. The lowest BCUT2D eigenvalue weighted by molar-refractivity contribution is -0.142. The summed E-state index contributed by atoms with van der Waals surface area (Å²) in [4.78, 5) is 23.8. The normalized spacial score (nSPS) is 10.6. The lowest BCUT2D eigenvalue weighted by atomic mass is 10.1. The molecule has 136 valence electrons. The number of aryl methyl sites for hydroxylation is 3. The van der Waals surface area contributed by atoms with E-state index < -0.39 is 5.97 Å². The number of benzene rings is 2. The third kappa shape index (κ3) is 5.48. The Hall–Kier alpha value is -3.08. The van der Waals surface area contributed by atoms with Gasteiger partial charge in [0.2, 0.25) is 0 Å². The molecule has 26 heavy (non-hydrogen) atoms. The smallest absolute Gasteiger partial charge is 0.331 e. The van der Waals surface area contributed by atoms with E-state index >= 15 is 0 Å². The highest BCUT2D eigenvalue weighted by Gasteiger charge is 2.10. The second-order valence-electron chi connectivity index (χ2n) is 6.04. The number of nitrogens with one attached hydrogen (secondary N) is 1. The number of carbonyl (C=O) groups is 2. The topological polar surface area (TPSA) is 64.6 Å². The van der Waals surface area contributed by atoms with Crippen molar-refractivity contribution in [2.24, 2.45) is 0 Å². The summed E-state index contributed by atoms with van der Waals surface area (Å²) >= 11 is 0. The Labute approximate surface area is 153 Å². The van der Waals surface area contributed by atoms with Crippen LogP contribution in [0.2, 0.25) is 0 Å². The average molecular weight is 353 g/mol. The minimum absolute atomic E-state index is 0.339. The number of amides is 1. The molecule has 2 aromatic rings. The monoisotopic (exact) mass is 353 g/mol. The molecule has 0 aliphatic rings. The largest absolute Gasteiger partial charge is 0.497 e. The minimum Gasteiger partial charge on any atom is -0.497 e.